The van der Waals surface area contributed by atoms with Gasteiger partial charge in [-0.3, -0.25) is 0 Å². The lowest BCUT2D eigenvalue weighted by Gasteiger charge is -2.21. The van der Waals surface area contributed by atoms with Crippen molar-refractivity contribution in [3.63, 3.8) is 0 Å². The third kappa shape index (κ3) is 1.77. The summed E-state index contributed by atoms with van der Waals surface area (Å²) in [5.74, 6) is 0. The Kier molecular flexibility index (Phi) is 2.50. The monoisotopic (exact) mass is 204 g/mol. The smallest absolute Gasteiger partial charge is 0.164 e. The van der Waals surface area contributed by atoms with Gasteiger partial charge in [0, 0.05) is 0 Å². The molecule has 0 saturated carbocycles. The fourth-order valence-electron chi connectivity index (χ4n) is 1.74. The average Bonchev–Trinajstić information content (AvgIpc) is 2.18. The quantitative estimate of drug-likeness (QED) is 0.540. The molecule has 1 unspecified atom stereocenters. The van der Waals surface area contributed by atoms with Crippen molar-refractivity contribution in [2.24, 2.45) is 5.73 Å². The largest absolute Gasteiger partial charge is 0.376 e. The van der Waals surface area contributed by atoms with Crippen molar-refractivity contribution in [1.82, 2.24) is 5.32 Å². The van der Waals surface area contributed by atoms with E-state index in [1.807, 2.05) is 6.07 Å². The standard InChI is InChI=1S/C11H12N2S/c12-11(14)13-10-7-3-5-8-4-1-2-6-9(8)10/h1-4,6-7,10H,5H2,(H3,12,13,14). The highest BCUT2D eigenvalue weighted by atomic mass is 32.1. The molecular weight excluding hydrogens is 192 g/mol. The fourth-order valence-corrected chi connectivity index (χ4v) is 1.86. The molecular formula is C11H12N2S. The minimum atomic E-state index is 0.137. The lowest BCUT2D eigenvalue weighted by molar-refractivity contribution is 0.767. The Morgan fingerprint density at radius 1 is 1.43 bits per heavy atom. The SMILES string of the molecule is NC(=S)NC1C=CCc2ccccc21. The van der Waals surface area contributed by atoms with Crippen LogP contribution in [0.4, 0.5) is 0 Å². The summed E-state index contributed by atoms with van der Waals surface area (Å²) in [5, 5.41) is 3.40. The molecule has 0 amide bonds. The van der Waals surface area contributed by atoms with Crippen LogP contribution in [-0.2, 0) is 6.42 Å². The summed E-state index contributed by atoms with van der Waals surface area (Å²) in [6.45, 7) is 0. The molecule has 14 heavy (non-hydrogen) atoms. The molecule has 0 heterocycles. The Morgan fingerprint density at radius 2 is 2.21 bits per heavy atom. The van der Waals surface area contributed by atoms with Crippen LogP contribution in [0.2, 0.25) is 0 Å². The van der Waals surface area contributed by atoms with E-state index >= 15 is 0 Å². The third-order valence-corrected chi connectivity index (χ3v) is 2.47. The van der Waals surface area contributed by atoms with E-state index in [1.165, 1.54) is 11.1 Å². The Labute approximate surface area is 88.8 Å². The molecule has 0 spiro atoms. The van der Waals surface area contributed by atoms with Crippen LogP contribution >= 0.6 is 12.2 Å². The summed E-state index contributed by atoms with van der Waals surface area (Å²) in [7, 11) is 0. The number of thiocarbonyl (C=S) groups is 1. The maximum Gasteiger partial charge on any atom is 0.164 e. The van der Waals surface area contributed by atoms with E-state index < -0.39 is 0 Å². The Hall–Kier alpha value is -1.35. The van der Waals surface area contributed by atoms with E-state index in [0.717, 1.165) is 6.42 Å². The number of fused-ring (bicyclic) bond motifs is 1. The van der Waals surface area contributed by atoms with Gasteiger partial charge in [0.05, 0.1) is 6.04 Å². The fraction of sp³-hybridized carbons (Fsp3) is 0.182. The van der Waals surface area contributed by atoms with Gasteiger partial charge in [-0.15, -0.1) is 0 Å². The van der Waals surface area contributed by atoms with Crippen molar-refractivity contribution < 1.29 is 0 Å². The summed E-state index contributed by atoms with van der Waals surface area (Å²) in [6, 6.07) is 8.46. The van der Waals surface area contributed by atoms with Crippen molar-refractivity contribution in [1.29, 1.82) is 0 Å². The first-order valence-corrected chi connectivity index (χ1v) is 4.98. The van der Waals surface area contributed by atoms with Crippen molar-refractivity contribution >= 4 is 17.3 Å². The number of rotatable bonds is 1. The third-order valence-electron chi connectivity index (χ3n) is 2.35. The number of hydrogen-bond acceptors (Lipinski definition) is 1. The van der Waals surface area contributed by atoms with Crippen molar-refractivity contribution in [3.8, 4) is 0 Å². The highest BCUT2D eigenvalue weighted by molar-refractivity contribution is 7.80. The zero-order valence-electron chi connectivity index (χ0n) is 7.73. The van der Waals surface area contributed by atoms with Crippen LogP contribution < -0.4 is 11.1 Å². The summed E-state index contributed by atoms with van der Waals surface area (Å²) in [4.78, 5) is 0. The summed E-state index contributed by atoms with van der Waals surface area (Å²) in [6.07, 6.45) is 5.23. The van der Waals surface area contributed by atoms with Gasteiger partial charge < -0.3 is 11.1 Å². The highest BCUT2D eigenvalue weighted by Crippen LogP contribution is 2.24. The number of hydrogen-bond donors (Lipinski definition) is 2. The lowest BCUT2D eigenvalue weighted by atomic mass is 9.93. The van der Waals surface area contributed by atoms with E-state index in [1.54, 1.807) is 0 Å². The van der Waals surface area contributed by atoms with Crippen LogP contribution in [0.3, 0.4) is 0 Å². The minimum absolute atomic E-state index is 0.137. The zero-order chi connectivity index (χ0) is 9.97. The second kappa shape index (κ2) is 3.80. The summed E-state index contributed by atoms with van der Waals surface area (Å²) in [5.41, 5.74) is 8.07. The topological polar surface area (TPSA) is 38.0 Å². The molecule has 0 radical (unpaired) electrons. The summed E-state index contributed by atoms with van der Waals surface area (Å²) >= 11 is 4.84. The molecule has 0 aliphatic heterocycles. The molecule has 1 aromatic carbocycles. The minimum Gasteiger partial charge on any atom is -0.376 e. The molecule has 1 aliphatic carbocycles. The van der Waals surface area contributed by atoms with Crippen LogP contribution in [0.15, 0.2) is 36.4 Å². The van der Waals surface area contributed by atoms with Gasteiger partial charge in [-0.2, -0.15) is 0 Å². The van der Waals surface area contributed by atoms with Crippen molar-refractivity contribution in [3.05, 3.63) is 47.5 Å². The van der Waals surface area contributed by atoms with E-state index in [9.17, 15) is 0 Å². The molecule has 0 bridgehead atoms. The number of allylic oxidation sites excluding steroid dienone is 1. The first-order valence-electron chi connectivity index (χ1n) is 4.58. The van der Waals surface area contributed by atoms with Crippen LogP contribution in [-0.4, -0.2) is 5.11 Å². The van der Waals surface area contributed by atoms with Crippen LogP contribution in [0, 0.1) is 0 Å². The molecule has 2 nitrogen and oxygen atoms in total. The molecule has 3 N–H and O–H groups in total. The normalized spacial score (nSPS) is 18.7. The van der Waals surface area contributed by atoms with E-state index in [2.05, 4.69) is 35.7 Å². The van der Waals surface area contributed by atoms with Gasteiger partial charge in [0.1, 0.15) is 0 Å². The van der Waals surface area contributed by atoms with Gasteiger partial charge in [0.15, 0.2) is 5.11 Å². The van der Waals surface area contributed by atoms with Gasteiger partial charge in [0.25, 0.3) is 0 Å². The van der Waals surface area contributed by atoms with Gasteiger partial charge in [0.2, 0.25) is 0 Å². The Balaban J connectivity index is 2.31. The second-order valence-corrected chi connectivity index (χ2v) is 3.76. The van der Waals surface area contributed by atoms with Crippen molar-refractivity contribution in [2.75, 3.05) is 0 Å². The molecule has 0 aromatic heterocycles. The number of benzene rings is 1. The maximum atomic E-state index is 5.47. The average molecular weight is 204 g/mol. The highest BCUT2D eigenvalue weighted by Gasteiger charge is 2.14. The van der Waals surface area contributed by atoms with Gasteiger partial charge in [-0.25, -0.2) is 0 Å². The van der Waals surface area contributed by atoms with Gasteiger partial charge in [-0.05, 0) is 29.8 Å². The molecule has 1 aliphatic rings. The number of nitrogens with one attached hydrogen (secondary N) is 1. The first-order chi connectivity index (χ1) is 6.77. The molecule has 1 atom stereocenters. The van der Waals surface area contributed by atoms with Crippen LogP contribution in [0.25, 0.3) is 0 Å². The Morgan fingerprint density at radius 3 is 3.00 bits per heavy atom. The van der Waals surface area contributed by atoms with E-state index in [-0.39, 0.29) is 6.04 Å². The van der Waals surface area contributed by atoms with Gasteiger partial charge >= 0.3 is 0 Å². The molecule has 72 valence electrons. The van der Waals surface area contributed by atoms with E-state index in [0.29, 0.717) is 5.11 Å². The zero-order valence-corrected chi connectivity index (χ0v) is 8.55. The first kappa shape index (κ1) is 9.21. The predicted molar refractivity (Wildman–Crippen MR) is 61.9 cm³/mol. The molecule has 1 aromatic rings. The molecule has 2 rings (SSSR count). The number of nitrogens with two attached hydrogens (primary N) is 1. The second-order valence-electron chi connectivity index (χ2n) is 3.32. The summed E-state index contributed by atoms with van der Waals surface area (Å²) < 4.78 is 0. The van der Waals surface area contributed by atoms with E-state index in [4.69, 9.17) is 18.0 Å². The lowest BCUT2D eigenvalue weighted by Crippen LogP contribution is -2.33. The molecule has 3 heteroatoms. The van der Waals surface area contributed by atoms with Crippen LogP contribution in [0.1, 0.15) is 17.2 Å². The molecule has 0 fully saturated rings. The maximum absolute atomic E-state index is 5.47. The predicted octanol–water partition coefficient (Wildman–Crippen LogP) is 1.67. The molecule has 0 saturated heterocycles. The van der Waals surface area contributed by atoms with Crippen molar-refractivity contribution in [2.45, 2.75) is 12.5 Å². The van der Waals surface area contributed by atoms with Gasteiger partial charge in [-0.1, -0.05) is 36.4 Å². The van der Waals surface area contributed by atoms with Crippen LogP contribution in [0.5, 0.6) is 0 Å². The Bertz CT molecular complexity index is 385.